The van der Waals surface area contributed by atoms with Gasteiger partial charge in [-0.2, -0.15) is 0 Å². The van der Waals surface area contributed by atoms with Crippen LogP contribution in [0.1, 0.15) is 68.2 Å². The van der Waals surface area contributed by atoms with Crippen LogP contribution in [-0.2, 0) is 29.2 Å². The summed E-state index contributed by atoms with van der Waals surface area (Å²) in [4.78, 5) is 7.00. The maximum Gasteiger partial charge on any atom is 0.152 e. The van der Waals surface area contributed by atoms with Gasteiger partial charge in [-0.25, -0.2) is 17.2 Å². The average molecular weight is 466 g/mol. The summed E-state index contributed by atoms with van der Waals surface area (Å²) in [5, 5.41) is 3.67. The second-order valence-corrected chi connectivity index (χ2v) is 13.7. The molecule has 1 aromatic rings. The van der Waals surface area contributed by atoms with E-state index < -0.39 is 26.7 Å². The smallest absolute Gasteiger partial charge is 0.152 e. The van der Waals surface area contributed by atoms with Gasteiger partial charge in [0.1, 0.15) is 11.3 Å². The molecular formula is C24H33F2N3O2S. The van der Waals surface area contributed by atoms with Crippen LogP contribution in [0.2, 0.25) is 0 Å². The molecule has 0 spiro atoms. The van der Waals surface area contributed by atoms with Crippen molar-refractivity contribution in [1.82, 2.24) is 9.88 Å². The van der Waals surface area contributed by atoms with Crippen LogP contribution >= 0.6 is 0 Å². The second-order valence-electron chi connectivity index (χ2n) is 11.4. The Morgan fingerprint density at radius 2 is 1.66 bits per heavy atom. The molecule has 1 aliphatic heterocycles. The molecule has 5 fully saturated rings. The number of sulfone groups is 1. The summed E-state index contributed by atoms with van der Waals surface area (Å²) in [6.45, 7) is 1.79. The molecule has 1 saturated heterocycles. The van der Waals surface area contributed by atoms with Crippen LogP contribution in [0, 0.1) is 5.92 Å². The summed E-state index contributed by atoms with van der Waals surface area (Å²) < 4.78 is 54.4. The number of aromatic nitrogens is 1. The Morgan fingerprint density at radius 3 is 2.31 bits per heavy atom. The van der Waals surface area contributed by atoms with E-state index in [0.717, 1.165) is 43.5 Å². The number of anilines is 1. The van der Waals surface area contributed by atoms with Gasteiger partial charge < -0.3 is 5.32 Å². The number of fused-ring (bicyclic) bond motifs is 1. The zero-order chi connectivity index (χ0) is 22.2. The van der Waals surface area contributed by atoms with Gasteiger partial charge in [0.2, 0.25) is 0 Å². The normalized spacial score (nSPS) is 40.2. The predicted octanol–water partition coefficient (Wildman–Crippen LogP) is 3.76. The molecule has 5 aliphatic carbocycles. The van der Waals surface area contributed by atoms with E-state index in [-0.39, 0.29) is 23.8 Å². The number of pyridine rings is 1. The van der Waals surface area contributed by atoms with Crippen molar-refractivity contribution in [3.8, 4) is 0 Å². The minimum Gasteiger partial charge on any atom is -0.378 e. The van der Waals surface area contributed by atoms with E-state index >= 15 is 8.78 Å². The summed E-state index contributed by atoms with van der Waals surface area (Å²) in [6.07, 6.45) is 8.81. The van der Waals surface area contributed by atoms with Gasteiger partial charge >= 0.3 is 0 Å². The van der Waals surface area contributed by atoms with Crippen molar-refractivity contribution >= 4 is 15.5 Å². The number of halogens is 2. The van der Waals surface area contributed by atoms with Crippen molar-refractivity contribution in [3.63, 3.8) is 0 Å². The SMILES string of the molecule is O=S1(=O)CCN(Cc2ncc(NC34CC5CC(F)(CC(F)(C5)C3)C4)c3c2CCCC3)CC1. The van der Waals surface area contributed by atoms with Crippen LogP contribution in [-0.4, -0.2) is 59.8 Å². The van der Waals surface area contributed by atoms with Crippen LogP contribution < -0.4 is 5.32 Å². The van der Waals surface area contributed by atoms with Gasteiger partial charge in [-0.05, 0) is 62.0 Å². The van der Waals surface area contributed by atoms with Crippen molar-refractivity contribution in [2.24, 2.45) is 5.92 Å². The van der Waals surface area contributed by atoms with Crippen LogP contribution in [0.3, 0.4) is 0 Å². The maximum atomic E-state index is 15.5. The van der Waals surface area contributed by atoms with Crippen molar-refractivity contribution in [2.45, 2.75) is 87.6 Å². The van der Waals surface area contributed by atoms with Crippen molar-refractivity contribution in [2.75, 3.05) is 29.9 Å². The van der Waals surface area contributed by atoms with Gasteiger partial charge in [-0.15, -0.1) is 0 Å². The Kier molecular flexibility index (Phi) is 4.72. The van der Waals surface area contributed by atoms with E-state index in [0.29, 0.717) is 45.3 Å². The number of hydrogen-bond acceptors (Lipinski definition) is 5. The third-order valence-corrected chi connectivity index (χ3v) is 10.2. The molecule has 1 aromatic heterocycles. The highest BCUT2D eigenvalue weighted by molar-refractivity contribution is 7.91. The highest BCUT2D eigenvalue weighted by Crippen LogP contribution is 2.62. The molecule has 7 rings (SSSR count). The van der Waals surface area contributed by atoms with Gasteiger partial charge in [0.15, 0.2) is 9.84 Å². The fraction of sp³-hybridized carbons (Fsp3) is 0.792. The van der Waals surface area contributed by atoms with Crippen molar-refractivity contribution < 1.29 is 17.2 Å². The Hall–Kier alpha value is -1.28. The summed E-state index contributed by atoms with van der Waals surface area (Å²) in [7, 11) is -2.90. The first-order valence-electron chi connectivity index (χ1n) is 12.2. The lowest BCUT2D eigenvalue weighted by molar-refractivity contribution is -0.137. The molecule has 5 nitrogen and oxygen atoms in total. The third kappa shape index (κ3) is 3.75. The largest absolute Gasteiger partial charge is 0.378 e. The van der Waals surface area contributed by atoms with Crippen molar-refractivity contribution in [1.29, 1.82) is 0 Å². The Morgan fingerprint density at radius 1 is 1.00 bits per heavy atom. The Labute approximate surface area is 189 Å². The maximum absolute atomic E-state index is 15.5. The summed E-state index contributed by atoms with van der Waals surface area (Å²) in [6, 6.07) is 0. The fourth-order valence-corrected chi connectivity index (χ4v) is 9.09. The second kappa shape index (κ2) is 7.11. The lowest BCUT2D eigenvalue weighted by atomic mass is 9.50. The molecule has 32 heavy (non-hydrogen) atoms. The number of rotatable bonds is 4. The van der Waals surface area contributed by atoms with E-state index in [1.165, 1.54) is 11.1 Å². The first kappa shape index (κ1) is 21.3. The molecule has 8 heteroatoms. The van der Waals surface area contributed by atoms with Gasteiger partial charge in [0.05, 0.1) is 29.1 Å². The van der Waals surface area contributed by atoms with Gasteiger partial charge in [0, 0.05) is 44.4 Å². The highest BCUT2D eigenvalue weighted by atomic mass is 32.2. The molecule has 0 aromatic carbocycles. The monoisotopic (exact) mass is 465 g/mol. The molecule has 4 saturated carbocycles. The highest BCUT2D eigenvalue weighted by Gasteiger charge is 2.64. The minimum absolute atomic E-state index is 0.0702. The quantitative estimate of drug-likeness (QED) is 0.734. The number of hydrogen-bond donors (Lipinski definition) is 1. The first-order chi connectivity index (χ1) is 15.1. The van der Waals surface area contributed by atoms with Gasteiger partial charge in [-0.3, -0.25) is 9.88 Å². The number of nitrogens with zero attached hydrogens (tertiary/aromatic N) is 2. The molecule has 6 aliphatic rings. The Balaban J connectivity index is 1.27. The fourth-order valence-electron chi connectivity index (χ4n) is 7.81. The minimum atomic E-state index is -2.90. The Bertz CT molecular complexity index is 1010. The predicted molar refractivity (Wildman–Crippen MR) is 120 cm³/mol. The van der Waals surface area contributed by atoms with E-state index in [1.807, 2.05) is 6.20 Å². The zero-order valence-electron chi connectivity index (χ0n) is 18.6. The van der Waals surface area contributed by atoms with E-state index in [4.69, 9.17) is 4.98 Å². The molecule has 0 radical (unpaired) electrons. The van der Waals surface area contributed by atoms with Crippen LogP contribution in [0.15, 0.2) is 6.20 Å². The summed E-state index contributed by atoms with van der Waals surface area (Å²) in [5.41, 5.74) is 1.30. The van der Waals surface area contributed by atoms with E-state index in [2.05, 4.69) is 10.2 Å². The van der Waals surface area contributed by atoms with Crippen LogP contribution in [0.25, 0.3) is 0 Å². The van der Waals surface area contributed by atoms with E-state index in [9.17, 15) is 8.42 Å². The van der Waals surface area contributed by atoms with Gasteiger partial charge in [0.25, 0.3) is 0 Å². The molecule has 176 valence electrons. The number of nitrogens with one attached hydrogen (secondary N) is 1. The molecule has 2 unspecified atom stereocenters. The van der Waals surface area contributed by atoms with Crippen LogP contribution in [0.5, 0.6) is 0 Å². The van der Waals surface area contributed by atoms with E-state index in [1.54, 1.807) is 0 Å². The molecule has 0 amide bonds. The first-order valence-corrected chi connectivity index (χ1v) is 14.0. The lowest BCUT2D eigenvalue weighted by Crippen LogP contribution is -2.65. The summed E-state index contributed by atoms with van der Waals surface area (Å²) >= 11 is 0. The topological polar surface area (TPSA) is 62.3 Å². The van der Waals surface area contributed by atoms with Crippen LogP contribution in [0.4, 0.5) is 14.5 Å². The van der Waals surface area contributed by atoms with Crippen molar-refractivity contribution in [3.05, 3.63) is 23.0 Å². The zero-order valence-corrected chi connectivity index (χ0v) is 19.5. The summed E-state index contributed by atoms with van der Waals surface area (Å²) in [5.74, 6) is 0.565. The molecule has 2 atom stereocenters. The van der Waals surface area contributed by atoms with Gasteiger partial charge in [-0.1, -0.05) is 0 Å². The molecule has 2 heterocycles. The molecule has 1 N–H and O–H groups in total. The molecule has 4 bridgehead atoms. The molecular weight excluding hydrogens is 432 g/mol. The lowest BCUT2D eigenvalue weighted by Gasteiger charge is -2.61. The standard InChI is InChI=1S/C24H33F2N3O2S/c25-22-9-17-10-23(26,14-22)16-24(11-17,15-22)28-20-12-27-21(19-4-2-1-3-18(19)20)13-29-5-7-32(30,31)8-6-29/h12,17,28H,1-11,13-16H2. The average Bonchev–Trinajstić information content (AvgIpc) is 2.68. The number of alkyl halides is 2. The third-order valence-electron chi connectivity index (χ3n) is 8.63.